The van der Waals surface area contributed by atoms with E-state index in [4.69, 9.17) is 0 Å². The molecule has 2 aromatic rings. The van der Waals surface area contributed by atoms with Crippen LogP contribution < -0.4 is 5.32 Å². The Morgan fingerprint density at radius 2 is 1.78 bits per heavy atom. The number of hydrogen-bond donors (Lipinski definition) is 1. The Labute approximate surface area is 163 Å². The molecule has 1 fully saturated rings. The lowest BCUT2D eigenvalue weighted by atomic mass is 10.0. The molecule has 144 valence electrons. The summed E-state index contributed by atoms with van der Waals surface area (Å²) >= 11 is 1.24. The quantitative estimate of drug-likeness (QED) is 0.850. The summed E-state index contributed by atoms with van der Waals surface area (Å²) in [6.45, 7) is 2.85. The first-order valence-corrected chi connectivity index (χ1v) is 11.5. The van der Waals surface area contributed by atoms with E-state index in [-0.39, 0.29) is 6.03 Å². The Morgan fingerprint density at radius 3 is 2.56 bits per heavy atom. The maximum absolute atomic E-state index is 12.6. The molecule has 2 amide bonds. The van der Waals surface area contributed by atoms with Crippen LogP contribution in [0.25, 0.3) is 0 Å². The third-order valence-corrected chi connectivity index (χ3v) is 8.58. The van der Waals surface area contributed by atoms with Gasteiger partial charge in [0.1, 0.15) is 4.21 Å². The van der Waals surface area contributed by atoms with Crippen LogP contribution in [0.1, 0.15) is 28.8 Å². The van der Waals surface area contributed by atoms with Crippen molar-refractivity contribution in [3.63, 3.8) is 0 Å². The molecule has 1 N–H and O–H groups in total. The van der Waals surface area contributed by atoms with Gasteiger partial charge in [0, 0.05) is 31.1 Å². The number of benzene rings is 1. The second-order valence-corrected chi connectivity index (χ2v) is 10.3. The van der Waals surface area contributed by atoms with Gasteiger partial charge >= 0.3 is 6.03 Å². The zero-order chi connectivity index (χ0) is 18.9. The number of amides is 2. The molecule has 1 saturated heterocycles. The fraction of sp³-hybridized carbons (Fsp3) is 0.421. The van der Waals surface area contributed by atoms with E-state index in [0.717, 1.165) is 24.1 Å². The first-order chi connectivity index (χ1) is 13.0. The third-order valence-electron chi connectivity index (χ3n) is 5.13. The van der Waals surface area contributed by atoms with Crippen LogP contribution in [0.4, 0.5) is 4.79 Å². The highest BCUT2D eigenvalue weighted by Crippen LogP contribution is 2.27. The highest BCUT2D eigenvalue weighted by Gasteiger charge is 2.28. The zero-order valence-corrected chi connectivity index (χ0v) is 16.7. The Balaban J connectivity index is 1.36. The molecule has 3 heterocycles. The van der Waals surface area contributed by atoms with Crippen molar-refractivity contribution in [2.24, 2.45) is 0 Å². The van der Waals surface area contributed by atoms with Crippen LogP contribution in [0.3, 0.4) is 0 Å². The Bertz CT molecular complexity index is 933. The van der Waals surface area contributed by atoms with Crippen LogP contribution in [0, 0.1) is 0 Å². The van der Waals surface area contributed by atoms with Gasteiger partial charge < -0.3 is 10.2 Å². The molecule has 1 aromatic heterocycles. The van der Waals surface area contributed by atoms with Crippen molar-refractivity contribution in [3.8, 4) is 0 Å². The van der Waals surface area contributed by atoms with Crippen LogP contribution >= 0.6 is 11.3 Å². The first kappa shape index (κ1) is 18.5. The second kappa shape index (κ2) is 7.61. The summed E-state index contributed by atoms with van der Waals surface area (Å²) in [4.78, 5) is 15.1. The van der Waals surface area contributed by atoms with Crippen LogP contribution in [0.15, 0.2) is 40.6 Å². The molecular weight excluding hydrogens is 382 g/mol. The van der Waals surface area contributed by atoms with E-state index in [0.29, 0.717) is 36.9 Å². The number of fused-ring (bicyclic) bond motifs is 1. The largest absolute Gasteiger partial charge is 0.333 e. The van der Waals surface area contributed by atoms with Gasteiger partial charge in [0.15, 0.2) is 0 Å². The maximum Gasteiger partial charge on any atom is 0.318 e. The lowest BCUT2D eigenvalue weighted by Crippen LogP contribution is -2.42. The lowest BCUT2D eigenvalue weighted by Gasteiger charge is -2.28. The predicted octanol–water partition coefficient (Wildman–Crippen LogP) is 2.80. The summed E-state index contributed by atoms with van der Waals surface area (Å²) in [5.74, 6) is 0. The molecular formula is C19H23N3O3S2. The monoisotopic (exact) mass is 405 g/mol. The molecule has 0 aliphatic carbocycles. The van der Waals surface area contributed by atoms with Crippen LogP contribution in [0.5, 0.6) is 0 Å². The minimum atomic E-state index is -3.38. The summed E-state index contributed by atoms with van der Waals surface area (Å²) in [5.41, 5.74) is 2.49. The number of urea groups is 1. The highest BCUT2D eigenvalue weighted by atomic mass is 32.2. The van der Waals surface area contributed by atoms with E-state index in [1.165, 1.54) is 22.5 Å². The van der Waals surface area contributed by atoms with Gasteiger partial charge in [0.05, 0.1) is 6.54 Å². The van der Waals surface area contributed by atoms with E-state index < -0.39 is 10.0 Å². The number of sulfonamides is 1. The van der Waals surface area contributed by atoms with Gasteiger partial charge in [-0.05, 0) is 42.5 Å². The van der Waals surface area contributed by atoms with Crippen LogP contribution in [-0.4, -0.2) is 43.3 Å². The van der Waals surface area contributed by atoms with Crippen molar-refractivity contribution in [3.05, 3.63) is 52.4 Å². The number of rotatable bonds is 4. The van der Waals surface area contributed by atoms with Crippen LogP contribution in [0.2, 0.25) is 0 Å². The van der Waals surface area contributed by atoms with Crippen molar-refractivity contribution >= 4 is 27.4 Å². The number of carbonyl (C=O) groups is 1. The first-order valence-electron chi connectivity index (χ1n) is 9.22. The molecule has 0 radical (unpaired) electrons. The molecule has 2 aliphatic heterocycles. The van der Waals surface area contributed by atoms with Gasteiger partial charge in [-0.15, -0.1) is 11.3 Å². The van der Waals surface area contributed by atoms with Crippen molar-refractivity contribution in [2.75, 3.05) is 19.6 Å². The molecule has 1 aromatic carbocycles. The molecule has 8 heteroatoms. The average Bonchev–Trinajstić information content (AvgIpc) is 3.38. The summed E-state index contributed by atoms with van der Waals surface area (Å²) < 4.78 is 27.1. The predicted molar refractivity (Wildman–Crippen MR) is 105 cm³/mol. The van der Waals surface area contributed by atoms with E-state index in [9.17, 15) is 13.2 Å². The van der Waals surface area contributed by atoms with E-state index in [1.54, 1.807) is 21.3 Å². The van der Waals surface area contributed by atoms with E-state index >= 15 is 0 Å². The average molecular weight is 406 g/mol. The standard InChI is InChI=1S/C19H23N3O3S2/c23-19(21-12-9-15-5-1-2-6-16(15)14-21)20-13-17-7-8-18(26-17)27(24,25)22-10-3-4-11-22/h1-2,5-8H,3-4,9-14H2,(H,20,23). The number of hydrogen-bond acceptors (Lipinski definition) is 4. The van der Waals surface area contributed by atoms with Crippen LogP contribution in [-0.2, 0) is 29.5 Å². The summed E-state index contributed by atoms with van der Waals surface area (Å²) in [6, 6.07) is 11.5. The summed E-state index contributed by atoms with van der Waals surface area (Å²) in [6.07, 6.45) is 2.71. The van der Waals surface area contributed by atoms with Gasteiger partial charge in [0.25, 0.3) is 10.0 Å². The Kier molecular flexibility index (Phi) is 5.21. The SMILES string of the molecule is O=C(NCc1ccc(S(=O)(=O)N2CCCC2)s1)N1CCc2ccccc2C1. The van der Waals surface area contributed by atoms with Crippen molar-refractivity contribution in [1.82, 2.24) is 14.5 Å². The molecule has 2 aliphatic rings. The molecule has 0 spiro atoms. The highest BCUT2D eigenvalue weighted by molar-refractivity contribution is 7.91. The summed E-state index contributed by atoms with van der Waals surface area (Å²) in [5, 5.41) is 2.92. The lowest BCUT2D eigenvalue weighted by molar-refractivity contribution is 0.192. The number of carbonyl (C=O) groups excluding carboxylic acids is 1. The molecule has 27 heavy (non-hydrogen) atoms. The van der Waals surface area contributed by atoms with E-state index in [1.807, 2.05) is 12.1 Å². The van der Waals surface area contributed by atoms with Crippen molar-refractivity contribution in [1.29, 1.82) is 0 Å². The normalized spacial score (nSPS) is 17.7. The Morgan fingerprint density at radius 1 is 1.04 bits per heavy atom. The molecule has 0 saturated carbocycles. The maximum atomic E-state index is 12.6. The van der Waals surface area contributed by atoms with E-state index in [2.05, 4.69) is 17.4 Å². The smallest absolute Gasteiger partial charge is 0.318 e. The van der Waals surface area contributed by atoms with Gasteiger partial charge in [-0.3, -0.25) is 0 Å². The van der Waals surface area contributed by atoms with Crippen molar-refractivity contribution < 1.29 is 13.2 Å². The number of nitrogens with one attached hydrogen (secondary N) is 1. The third kappa shape index (κ3) is 3.88. The van der Waals surface area contributed by atoms with Gasteiger partial charge in [-0.1, -0.05) is 24.3 Å². The summed E-state index contributed by atoms with van der Waals surface area (Å²) in [7, 11) is -3.38. The minimum absolute atomic E-state index is 0.109. The molecule has 4 rings (SSSR count). The fourth-order valence-electron chi connectivity index (χ4n) is 3.59. The minimum Gasteiger partial charge on any atom is -0.333 e. The molecule has 0 bridgehead atoms. The molecule has 0 atom stereocenters. The topological polar surface area (TPSA) is 69.7 Å². The zero-order valence-electron chi connectivity index (χ0n) is 15.1. The number of thiophene rings is 1. The molecule has 0 unspecified atom stereocenters. The van der Waals surface area contributed by atoms with Gasteiger partial charge in [-0.2, -0.15) is 4.31 Å². The molecule has 6 nitrogen and oxygen atoms in total. The Hall–Kier alpha value is -1.90. The fourth-order valence-corrected chi connectivity index (χ4v) is 6.56. The van der Waals surface area contributed by atoms with Gasteiger partial charge in [-0.25, -0.2) is 13.2 Å². The van der Waals surface area contributed by atoms with Gasteiger partial charge in [0.2, 0.25) is 0 Å². The second-order valence-electron chi connectivity index (χ2n) is 6.93. The van der Waals surface area contributed by atoms with Crippen molar-refractivity contribution in [2.45, 2.75) is 36.6 Å². The number of nitrogens with zero attached hydrogens (tertiary/aromatic N) is 2.